The van der Waals surface area contributed by atoms with E-state index < -0.39 is 136 Å². The van der Waals surface area contributed by atoms with Crippen molar-refractivity contribution in [3.63, 3.8) is 0 Å². The number of nitrogens with one attached hydrogen (secondary N) is 4. The molecule has 0 spiro atoms. The number of aliphatic carboxylic acids is 5. The van der Waals surface area contributed by atoms with Crippen LogP contribution >= 0.6 is 0 Å². The van der Waals surface area contributed by atoms with Crippen LogP contribution in [-0.4, -0.2) is 209 Å². The van der Waals surface area contributed by atoms with E-state index >= 15 is 0 Å². The van der Waals surface area contributed by atoms with Gasteiger partial charge in [-0.15, -0.1) is 0 Å². The highest BCUT2D eigenvalue weighted by Crippen LogP contribution is 2.27. The van der Waals surface area contributed by atoms with E-state index in [4.69, 9.17) is 21.9 Å². The number of nitrogens with two attached hydrogens (primary N) is 3. The second-order valence-corrected chi connectivity index (χ2v) is 17.5. The number of aliphatic imine (C=N–C) groups is 1. The lowest BCUT2D eigenvalue weighted by Crippen LogP contribution is -2.57. The molecule has 0 bridgehead atoms. The van der Waals surface area contributed by atoms with E-state index in [-0.39, 0.29) is 49.7 Å². The van der Waals surface area contributed by atoms with Crippen LogP contribution in [0.25, 0.3) is 11.1 Å². The molecule has 15 N–H and O–H groups in total. The van der Waals surface area contributed by atoms with Crippen LogP contribution in [0.15, 0.2) is 53.5 Å². The van der Waals surface area contributed by atoms with Crippen molar-refractivity contribution in [2.45, 2.75) is 76.5 Å². The first-order chi connectivity index (χ1) is 35.6. The predicted molar refractivity (Wildman–Crippen MR) is 270 cm³/mol. The number of nitrogens with zero attached hydrogens (tertiary/aromatic N) is 4. The highest BCUT2D eigenvalue weighted by atomic mass is 16.5. The van der Waals surface area contributed by atoms with Crippen LogP contribution < -0.4 is 43.2 Å². The Kier molecular flexibility index (Phi) is 28.6. The molecule has 0 heterocycles. The van der Waals surface area contributed by atoms with E-state index in [0.29, 0.717) is 49.6 Å². The molecular weight excluding hydrogens is 987 g/mol. The average Bonchev–Trinajstić information content (AvgIpc) is 3.34. The first kappa shape index (κ1) is 63.4. The van der Waals surface area contributed by atoms with Crippen molar-refractivity contribution in [2.75, 3.05) is 78.6 Å². The van der Waals surface area contributed by atoms with Crippen LogP contribution in [0.5, 0.6) is 5.75 Å². The molecule has 2 aromatic carbocycles. The normalized spacial score (nSPS) is 13.1. The smallest absolute Gasteiger partial charge is 0.317 e. The fraction of sp³-hybridized carbons (Fsp3) is 0.521. The molecule has 0 aromatic heterocycles. The number of hydrogen-bond acceptors (Lipinski definition) is 16. The van der Waals surface area contributed by atoms with Crippen molar-refractivity contribution in [2.24, 2.45) is 28.1 Å². The highest BCUT2D eigenvalue weighted by Gasteiger charge is 2.32. The third-order valence-corrected chi connectivity index (χ3v) is 11.5. The molecule has 2 aromatic rings. The summed E-state index contributed by atoms with van der Waals surface area (Å²) in [6.45, 7) is -2.17. The fourth-order valence-corrected chi connectivity index (χ4v) is 7.55. The van der Waals surface area contributed by atoms with Gasteiger partial charge in [0, 0.05) is 26.2 Å². The minimum absolute atomic E-state index is 0.0484. The van der Waals surface area contributed by atoms with Gasteiger partial charge in [-0.1, -0.05) is 56.7 Å². The van der Waals surface area contributed by atoms with Gasteiger partial charge in [0.05, 0.1) is 56.9 Å². The fourth-order valence-electron chi connectivity index (χ4n) is 7.55. The zero-order valence-corrected chi connectivity index (χ0v) is 42.1. The monoisotopic (exact) mass is 1060 g/mol. The second kappa shape index (κ2) is 33.9. The number of benzene rings is 2. The SMILES string of the molecule is CC[C@@H](C)[C@H](NC(=O)CNC(=O)c1cc(-c2ccccc2)ccc1OCC(CN(CCN(CC(=O)O)CC(=O)O)CC(=O)O)N(CC(=O)O)CC(=O)O)C(=O)N[C@@H](CCCN=C(N)N)C(=O)N[C@@H](C=O)CCCCN. The van der Waals surface area contributed by atoms with Gasteiger partial charge in [-0.05, 0) is 67.8 Å². The molecule has 0 aliphatic rings. The number of hydrogen-bond donors (Lipinski definition) is 12. The van der Waals surface area contributed by atoms with E-state index in [0.717, 1.165) is 9.80 Å². The van der Waals surface area contributed by atoms with Crippen molar-refractivity contribution in [3.05, 3.63) is 54.1 Å². The van der Waals surface area contributed by atoms with Crippen LogP contribution in [0.4, 0.5) is 0 Å². The summed E-state index contributed by atoms with van der Waals surface area (Å²) in [7, 11) is 0. The molecule has 2 rings (SSSR count). The van der Waals surface area contributed by atoms with Gasteiger partial charge in [0.1, 0.15) is 30.7 Å². The molecule has 27 heteroatoms. The molecule has 414 valence electrons. The van der Waals surface area contributed by atoms with Gasteiger partial charge >= 0.3 is 29.8 Å². The quantitative estimate of drug-likeness (QED) is 0.0150. The van der Waals surface area contributed by atoms with E-state index in [2.05, 4.69) is 26.3 Å². The van der Waals surface area contributed by atoms with Gasteiger partial charge in [0.2, 0.25) is 17.7 Å². The summed E-state index contributed by atoms with van der Waals surface area (Å²) in [6.07, 6.45) is 2.75. The van der Waals surface area contributed by atoms with E-state index in [9.17, 15) is 73.5 Å². The summed E-state index contributed by atoms with van der Waals surface area (Å²) in [5, 5.41) is 58.4. The Hall–Kier alpha value is -7.75. The second-order valence-electron chi connectivity index (χ2n) is 17.5. The molecule has 4 amide bonds. The molecule has 75 heavy (non-hydrogen) atoms. The lowest BCUT2D eigenvalue weighted by Gasteiger charge is -2.34. The van der Waals surface area contributed by atoms with Crippen molar-refractivity contribution < 1.29 is 78.2 Å². The van der Waals surface area contributed by atoms with E-state index in [1.807, 2.05) is 0 Å². The summed E-state index contributed by atoms with van der Waals surface area (Å²) >= 11 is 0. The Morgan fingerprint density at radius 1 is 0.720 bits per heavy atom. The van der Waals surface area contributed by atoms with E-state index in [1.165, 1.54) is 17.0 Å². The molecule has 0 aliphatic carbocycles. The van der Waals surface area contributed by atoms with Gasteiger partial charge < -0.3 is 73.5 Å². The predicted octanol–water partition coefficient (Wildman–Crippen LogP) is -1.96. The van der Waals surface area contributed by atoms with Crippen LogP contribution in [-0.2, 0) is 43.2 Å². The van der Waals surface area contributed by atoms with Gasteiger partial charge in [-0.25, -0.2) is 0 Å². The first-order valence-corrected chi connectivity index (χ1v) is 24.1. The van der Waals surface area contributed by atoms with Crippen LogP contribution in [0.1, 0.15) is 62.7 Å². The summed E-state index contributed by atoms with van der Waals surface area (Å²) in [4.78, 5) is 133. The Labute approximate surface area is 433 Å². The summed E-state index contributed by atoms with van der Waals surface area (Å²) < 4.78 is 6.14. The van der Waals surface area contributed by atoms with Crippen molar-refractivity contribution in [1.29, 1.82) is 0 Å². The summed E-state index contributed by atoms with van der Waals surface area (Å²) in [5.41, 5.74) is 17.5. The van der Waals surface area contributed by atoms with Gasteiger partial charge in [-0.3, -0.25) is 62.8 Å². The molecule has 0 aliphatic heterocycles. The maximum Gasteiger partial charge on any atom is 0.317 e. The third-order valence-electron chi connectivity index (χ3n) is 11.5. The third kappa shape index (κ3) is 25.2. The number of rotatable bonds is 39. The Bertz CT molecular complexity index is 2230. The molecule has 0 radical (unpaired) electrons. The van der Waals surface area contributed by atoms with Crippen LogP contribution in [0.3, 0.4) is 0 Å². The zero-order valence-electron chi connectivity index (χ0n) is 42.1. The van der Waals surface area contributed by atoms with Crippen molar-refractivity contribution >= 4 is 65.7 Å². The molecule has 27 nitrogen and oxygen atoms in total. The van der Waals surface area contributed by atoms with Crippen molar-refractivity contribution in [1.82, 2.24) is 36.0 Å². The number of carbonyl (C=O) groups is 10. The standard InChI is InChI=1S/C48H71N11O16/c1-3-30(2)44(47(74)55-36(13-9-17-52-48(50)51)46(73)54-33(28-60)12-7-8-16-49)56-38(61)21-53-45(72)35-20-32(31-10-5-4-6-11-31)14-15-37(35)75-29-34(59(26-42(68)69)27-43(70)71)22-57(23-39(62)63)18-19-58(24-40(64)65)25-41(66)67/h4-6,10-11,14-15,20,28,30,33-34,36,44H,3,7-9,12-13,16-19,21-27,29,49H2,1-2H3,(H,53,72)(H,54,73)(H,55,74)(H,56,61)(H,62,63)(H,64,65)(H,66,67)(H,68,69)(H,70,71)(H4,50,51,52)/t30-,33-,34?,36+,44+/m1/s1. The molecule has 1 unspecified atom stereocenters. The number of carboxylic acid groups (broad SMARTS) is 5. The van der Waals surface area contributed by atoms with Crippen LogP contribution in [0.2, 0.25) is 0 Å². The first-order valence-electron chi connectivity index (χ1n) is 24.1. The number of carboxylic acids is 5. The number of ether oxygens (including phenoxy) is 1. The lowest BCUT2D eigenvalue weighted by molar-refractivity contribution is -0.145. The van der Waals surface area contributed by atoms with Gasteiger partial charge in [0.25, 0.3) is 5.91 Å². The molecule has 5 atom stereocenters. The maximum atomic E-state index is 14.1. The number of guanidine groups is 1. The summed E-state index contributed by atoms with van der Waals surface area (Å²) in [5.74, 6) is -10.9. The minimum atomic E-state index is -1.46. The lowest BCUT2D eigenvalue weighted by atomic mass is 9.97. The van der Waals surface area contributed by atoms with Gasteiger partial charge in [-0.2, -0.15) is 0 Å². The molecular formula is C48H71N11O16. The van der Waals surface area contributed by atoms with Crippen LogP contribution in [0, 0.1) is 5.92 Å². The van der Waals surface area contributed by atoms with Crippen molar-refractivity contribution in [3.8, 4) is 16.9 Å². The molecule has 0 saturated carbocycles. The Morgan fingerprint density at radius 3 is 1.88 bits per heavy atom. The Balaban J connectivity index is 2.49. The number of aldehydes is 1. The number of amides is 4. The Morgan fingerprint density at radius 2 is 1.32 bits per heavy atom. The zero-order chi connectivity index (χ0) is 56.0. The molecule has 0 fully saturated rings. The molecule has 0 saturated heterocycles. The van der Waals surface area contributed by atoms with E-state index in [1.54, 1.807) is 50.2 Å². The number of carbonyl (C=O) groups excluding carboxylic acids is 5. The maximum absolute atomic E-state index is 14.1. The van der Waals surface area contributed by atoms with Gasteiger partial charge in [0.15, 0.2) is 5.96 Å². The average molecular weight is 1060 g/mol. The number of unbranched alkanes of at least 4 members (excludes halogenated alkanes) is 1. The largest absolute Gasteiger partial charge is 0.491 e. The highest BCUT2D eigenvalue weighted by molar-refractivity contribution is 6.00. The summed E-state index contributed by atoms with van der Waals surface area (Å²) in [6, 6.07) is 8.69. The minimum Gasteiger partial charge on any atom is -0.491 e. The topological polar surface area (TPSA) is 429 Å².